The largest absolute Gasteiger partial charge is 0.481 e. The highest BCUT2D eigenvalue weighted by Gasteiger charge is 2.15. The lowest BCUT2D eigenvalue weighted by Crippen LogP contribution is -2.02. The lowest BCUT2D eigenvalue weighted by Gasteiger charge is -2.11. The fourth-order valence-electron chi connectivity index (χ4n) is 3.31. The summed E-state index contributed by atoms with van der Waals surface area (Å²) in [6, 6.07) is 12.5. The maximum atomic E-state index is 10.6. The third-order valence-electron chi connectivity index (χ3n) is 4.43. The van der Waals surface area contributed by atoms with Crippen LogP contribution in [0.2, 0.25) is 0 Å². The lowest BCUT2D eigenvalue weighted by atomic mass is 10.1. The van der Waals surface area contributed by atoms with E-state index in [4.69, 9.17) is 5.11 Å². The zero-order chi connectivity index (χ0) is 16.9. The smallest absolute Gasteiger partial charge is 0.303 e. The van der Waals surface area contributed by atoms with E-state index in [0.29, 0.717) is 0 Å². The summed E-state index contributed by atoms with van der Waals surface area (Å²) < 4.78 is 2.35. The van der Waals surface area contributed by atoms with Crippen LogP contribution in [-0.4, -0.2) is 20.6 Å². The standard InChI is InChI=1S/C20H22N2O2/c1-15-17-9-4-5-10-18(17)22(13-6-2-3-11-19(23)24)20(15)16-8-7-12-21-14-16/h4-5,7-10,12,14H,2-3,6,11,13H2,1H3,(H,23,24). The number of unbranched alkanes of at least 4 members (excludes halogenated alkanes) is 2. The van der Waals surface area contributed by atoms with Crippen LogP contribution in [0.3, 0.4) is 0 Å². The van der Waals surface area contributed by atoms with E-state index in [2.05, 4.69) is 46.8 Å². The fourth-order valence-corrected chi connectivity index (χ4v) is 3.31. The highest BCUT2D eigenvalue weighted by atomic mass is 16.4. The van der Waals surface area contributed by atoms with Crippen molar-refractivity contribution in [2.45, 2.75) is 39.2 Å². The normalized spacial score (nSPS) is 11.0. The highest BCUT2D eigenvalue weighted by molar-refractivity contribution is 5.91. The minimum Gasteiger partial charge on any atom is -0.481 e. The number of carboxylic acids is 1. The van der Waals surface area contributed by atoms with Gasteiger partial charge in [0.15, 0.2) is 0 Å². The summed E-state index contributed by atoms with van der Waals surface area (Å²) in [6.07, 6.45) is 6.57. The number of carbonyl (C=O) groups is 1. The third kappa shape index (κ3) is 3.32. The molecule has 1 aromatic carbocycles. The Morgan fingerprint density at radius 3 is 2.71 bits per heavy atom. The number of para-hydroxylation sites is 1. The van der Waals surface area contributed by atoms with Gasteiger partial charge in [0.2, 0.25) is 0 Å². The van der Waals surface area contributed by atoms with Crippen molar-refractivity contribution in [1.82, 2.24) is 9.55 Å². The first-order valence-corrected chi connectivity index (χ1v) is 8.38. The van der Waals surface area contributed by atoms with E-state index < -0.39 is 5.97 Å². The van der Waals surface area contributed by atoms with E-state index in [9.17, 15) is 4.79 Å². The zero-order valence-electron chi connectivity index (χ0n) is 13.9. The predicted octanol–water partition coefficient (Wildman–Crippen LogP) is 4.66. The molecule has 124 valence electrons. The Bertz CT molecular complexity index is 837. The van der Waals surface area contributed by atoms with Crippen LogP contribution in [-0.2, 0) is 11.3 Å². The number of nitrogens with zero attached hydrogens (tertiary/aromatic N) is 2. The van der Waals surface area contributed by atoms with Crippen molar-refractivity contribution in [3.05, 3.63) is 54.4 Å². The van der Waals surface area contributed by atoms with Crippen molar-refractivity contribution in [2.75, 3.05) is 0 Å². The number of fused-ring (bicyclic) bond motifs is 1. The summed E-state index contributed by atoms with van der Waals surface area (Å²) >= 11 is 0. The fraction of sp³-hybridized carbons (Fsp3) is 0.300. The Labute approximate surface area is 141 Å². The Morgan fingerprint density at radius 1 is 1.12 bits per heavy atom. The number of aryl methyl sites for hydroxylation is 2. The van der Waals surface area contributed by atoms with Crippen LogP contribution in [0.4, 0.5) is 0 Å². The molecule has 0 amide bonds. The second-order valence-electron chi connectivity index (χ2n) is 6.09. The van der Waals surface area contributed by atoms with E-state index in [-0.39, 0.29) is 6.42 Å². The van der Waals surface area contributed by atoms with Crippen molar-refractivity contribution in [3.63, 3.8) is 0 Å². The third-order valence-corrected chi connectivity index (χ3v) is 4.43. The van der Waals surface area contributed by atoms with Gasteiger partial charge in [-0.3, -0.25) is 9.78 Å². The molecule has 0 atom stereocenters. The summed E-state index contributed by atoms with van der Waals surface area (Å²) in [5, 5.41) is 10.0. The number of hydrogen-bond acceptors (Lipinski definition) is 2. The van der Waals surface area contributed by atoms with Gasteiger partial charge in [-0.15, -0.1) is 0 Å². The Hall–Kier alpha value is -2.62. The van der Waals surface area contributed by atoms with E-state index in [1.807, 2.05) is 12.3 Å². The molecule has 0 aliphatic rings. The predicted molar refractivity (Wildman–Crippen MR) is 96.0 cm³/mol. The van der Waals surface area contributed by atoms with Gasteiger partial charge in [0, 0.05) is 41.8 Å². The number of benzene rings is 1. The monoisotopic (exact) mass is 322 g/mol. The number of rotatable bonds is 7. The zero-order valence-corrected chi connectivity index (χ0v) is 13.9. The topological polar surface area (TPSA) is 55.1 Å². The highest BCUT2D eigenvalue weighted by Crippen LogP contribution is 2.33. The number of pyridine rings is 1. The molecule has 3 aromatic rings. The maximum absolute atomic E-state index is 10.6. The van der Waals surface area contributed by atoms with E-state index in [1.54, 1.807) is 6.20 Å². The molecule has 0 spiro atoms. The summed E-state index contributed by atoms with van der Waals surface area (Å²) in [5.41, 5.74) is 4.83. The van der Waals surface area contributed by atoms with Crippen LogP contribution in [0.15, 0.2) is 48.8 Å². The van der Waals surface area contributed by atoms with Gasteiger partial charge >= 0.3 is 5.97 Å². The van der Waals surface area contributed by atoms with Gasteiger partial charge in [0.05, 0.1) is 5.69 Å². The van der Waals surface area contributed by atoms with Crippen LogP contribution >= 0.6 is 0 Å². The van der Waals surface area contributed by atoms with Crippen molar-refractivity contribution >= 4 is 16.9 Å². The average molecular weight is 322 g/mol. The van der Waals surface area contributed by atoms with Crippen LogP contribution in [0, 0.1) is 6.92 Å². The molecule has 4 heteroatoms. The Balaban J connectivity index is 1.91. The molecule has 0 aliphatic carbocycles. The molecular formula is C20H22N2O2. The summed E-state index contributed by atoms with van der Waals surface area (Å²) in [7, 11) is 0. The molecule has 0 saturated heterocycles. The molecule has 0 radical (unpaired) electrons. The van der Waals surface area contributed by atoms with Gasteiger partial charge in [-0.05, 0) is 43.5 Å². The van der Waals surface area contributed by atoms with Crippen molar-refractivity contribution < 1.29 is 9.90 Å². The number of aromatic nitrogens is 2. The molecular weight excluding hydrogens is 300 g/mol. The maximum Gasteiger partial charge on any atom is 0.303 e. The van der Waals surface area contributed by atoms with Crippen LogP contribution < -0.4 is 0 Å². The Kier molecular flexibility index (Phi) is 4.94. The molecule has 0 unspecified atom stereocenters. The Morgan fingerprint density at radius 2 is 1.96 bits per heavy atom. The van der Waals surface area contributed by atoms with Gasteiger partial charge in [-0.2, -0.15) is 0 Å². The molecule has 1 N–H and O–H groups in total. The second-order valence-corrected chi connectivity index (χ2v) is 6.09. The van der Waals surface area contributed by atoms with Crippen LogP contribution in [0.25, 0.3) is 22.2 Å². The summed E-state index contributed by atoms with van der Waals surface area (Å²) in [4.78, 5) is 14.9. The first kappa shape index (κ1) is 16.2. The summed E-state index contributed by atoms with van der Waals surface area (Å²) in [5.74, 6) is -0.715. The minimum atomic E-state index is -0.715. The number of aliphatic carboxylic acids is 1. The average Bonchev–Trinajstić information content (AvgIpc) is 2.88. The van der Waals surface area contributed by atoms with E-state index >= 15 is 0 Å². The molecule has 4 nitrogen and oxygen atoms in total. The van der Waals surface area contributed by atoms with Gasteiger partial charge in [-0.1, -0.05) is 24.6 Å². The van der Waals surface area contributed by atoms with Crippen molar-refractivity contribution in [3.8, 4) is 11.3 Å². The van der Waals surface area contributed by atoms with Gasteiger partial charge in [0.25, 0.3) is 0 Å². The molecule has 2 heterocycles. The van der Waals surface area contributed by atoms with E-state index in [1.165, 1.54) is 22.2 Å². The van der Waals surface area contributed by atoms with Crippen LogP contribution in [0.5, 0.6) is 0 Å². The number of carboxylic acid groups (broad SMARTS) is 1. The number of hydrogen-bond donors (Lipinski definition) is 1. The van der Waals surface area contributed by atoms with Crippen LogP contribution in [0.1, 0.15) is 31.2 Å². The first-order valence-electron chi connectivity index (χ1n) is 8.38. The molecule has 3 rings (SSSR count). The van der Waals surface area contributed by atoms with Gasteiger partial charge in [-0.25, -0.2) is 0 Å². The molecule has 0 aliphatic heterocycles. The van der Waals surface area contributed by atoms with Gasteiger partial charge in [0.1, 0.15) is 0 Å². The second kappa shape index (κ2) is 7.30. The van der Waals surface area contributed by atoms with Gasteiger partial charge < -0.3 is 9.67 Å². The van der Waals surface area contributed by atoms with Crippen molar-refractivity contribution in [2.24, 2.45) is 0 Å². The first-order chi connectivity index (χ1) is 11.7. The minimum absolute atomic E-state index is 0.251. The molecule has 24 heavy (non-hydrogen) atoms. The lowest BCUT2D eigenvalue weighted by molar-refractivity contribution is -0.137. The molecule has 0 bridgehead atoms. The molecule has 0 saturated carbocycles. The quantitative estimate of drug-likeness (QED) is 0.644. The SMILES string of the molecule is Cc1c(-c2cccnc2)n(CCCCCC(=O)O)c2ccccc12. The molecule has 0 fully saturated rings. The molecule has 2 aromatic heterocycles. The summed E-state index contributed by atoms with van der Waals surface area (Å²) in [6.45, 7) is 3.05. The van der Waals surface area contributed by atoms with E-state index in [0.717, 1.165) is 31.4 Å². The van der Waals surface area contributed by atoms with Crippen molar-refractivity contribution in [1.29, 1.82) is 0 Å².